The molecule has 0 aliphatic rings. The van der Waals surface area contributed by atoms with Gasteiger partial charge in [-0.15, -0.1) is 0 Å². The van der Waals surface area contributed by atoms with Crippen molar-refractivity contribution >= 4 is 27.9 Å². The molecule has 0 bridgehead atoms. The van der Waals surface area contributed by atoms with E-state index in [-0.39, 0.29) is 6.61 Å². The lowest BCUT2D eigenvalue weighted by Gasteiger charge is -2.07. The maximum atomic E-state index is 12.1. The highest BCUT2D eigenvalue weighted by Gasteiger charge is 2.10. The highest BCUT2D eigenvalue weighted by atomic mass is 16.6. The fraction of sp³-hybridized carbons (Fsp3) is 0.0952. The molecule has 5 heteroatoms. The average molecular weight is 348 g/mol. The number of furan rings is 1. The Hall–Kier alpha value is -3.47. The van der Waals surface area contributed by atoms with E-state index in [0.717, 1.165) is 27.7 Å². The zero-order valence-electron chi connectivity index (χ0n) is 14.1. The highest BCUT2D eigenvalue weighted by Crippen LogP contribution is 2.31. The fourth-order valence-electron chi connectivity index (χ4n) is 2.74. The number of rotatable bonds is 5. The van der Waals surface area contributed by atoms with Crippen LogP contribution in [0.15, 0.2) is 71.1 Å². The number of benzene rings is 3. The summed E-state index contributed by atoms with van der Waals surface area (Å²) in [6.45, 7) is -0.184. The lowest BCUT2D eigenvalue weighted by molar-refractivity contribution is -0.136. The molecule has 0 N–H and O–H groups in total. The van der Waals surface area contributed by atoms with Gasteiger partial charge in [0.1, 0.15) is 28.4 Å². The molecular weight excluding hydrogens is 332 g/mol. The van der Waals surface area contributed by atoms with Crippen molar-refractivity contribution in [3.05, 3.63) is 66.7 Å². The van der Waals surface area contributed by atoms with Gasteiger partial charge in [-0.25, -0.2) is 4.79 Å². The van der Waals surface area contributed by atoms with E-state index in [2.05, 4.69) is 0 Å². The van der Waals surface area contributed by atoms with Crippen LogP contribution < -0.4 is 14.2 Å². The third-order valence-electron chi connectivity index (χ3n) is 4.00. The number of para-hydroxylation sites is 1. The Morgan fingerprint density at radius 3 is 2.35 bits per heavy atom. The van der Waals surface area contributed by atoms with Crippen LogP contribution in [0.1, 0.15) is 0 Å². The Labute approximate surface area is 149 Å². The third-order valence-corrected chi connectivity index (χ3v) is 4.00. The molecule has 0 aliphatic heterocycles. The number of methoxy groups -OCH3 is 1. The van der Waals surface area contributed by atoms with Crippen LogP contribution in [0.5, 0.6) is 17.2 Å². The molecule has 4 aromatic rings. The van der Waals surface area contributed by atoms with Crippen LogP contribution in [0.3, 0.4) is 0 Å². The SMILES string of the molecule is COc1ccc(OCC(=O)Oc2ccc3oc4ccccc4c3c2)cc1. The maximum Gasteiger partial charge on any atom is 0.349 e. The predicted molar refractivity (Wildman–Crippen MR) is 97.8 cm³/mol. The first-order chi connectivity index (χ1) is 12.7. The van der Waals surface area contributed by atoms with Crippen molar-refractivity contribution in [2.45, 2.75) is 0 Å². The van der Waals surface area contributed by atoms with Crippen molar-refractivity contribution in [2.75, 3.05) is 13.7 Å². The van der Waals surface area contributed by atoms with Gasteiger partial charge >= 0.3 is 5.97 Å². The Morgan fingerprint density at radius 2 is 1.54 bits per heavy atom. The first-order valence-electron chi connectivity index (χ1n) is 8.12. The van der Waals surface area contributed by atoms with Crippen LogP contribution in [0.25, 0.3) is 21.9 Å². The molecular formula is C21H16O5. The van der Waals surface area contributed by atoms with E-state index in [4.69, 9.17) is 18.6 Å². The molecule has 0 radical (unpaired) electrons. The van der Waals surface area contributed by atoms with Crippen molar-refractivity contribution in [3.63, 3.8) is 0 Å². The number of fused-ring (bicyclic) bond motifs is 3. The minimum atomic E-state index is -0.479. The lowest BCUT2D eigenvalue weighted by atomic mass is 10.1. The monoisotopic (exact) mass is 348 g/mol. The van der Waals surface area contributed by atoms with Gasteiger partial charge in [-0.2, -0.15) is 0 Å². The second kappa shape index (κ2) is 6.80. The number of carbonyl (C=O) groups is 1. The second-order valence-electron chi connectivity index (χ2n) is 5.69. The summed E-state index contributed by atoms with van der Waals surface area (Å²) in [4.78, 5) is 12.1. The molecule has 3 aromatic carbocycles. The topological polar surface area (TPSA) is 57.9 Å². The molecule has 5 nitrogen and oxygen atoms in total. The van der Waals surface area contributed by atoms with Gasteiger partial charge in [-0.3, -0.25) is 0 Å². The van der Waals surface area contributed by atoms with Crippen molar-refractivity contribution in [1.82, 2.24) is 0 Å². The van der Waals surface area contributed by atoms with E-state index in [1.807, 2.05) is 24.3 Å². The van der Waals surface area contributed by atoms with Crippen molar-refractivity contribution < 1.29 is 23.4 Å². The van der Waals surface area contributed by atoms with E-state index >= 15 is 0 Å². The van der Waals surface area contributed by atoms with Crippen molar-refractivity contribution in [1.29, 1.82) is 0 Å². The number of hydrogen-bond acceptors (Lipinski definition) is 5. The van der Waals surface area contributed by atoms with Crippen molar-refractivity contribution in [2.24, 2.45) is 0 Å². The summed E-state index contributed by atoms with van der Waals surface area (Å²) in [5, 5.41) is 1.89. The Balaban J connectivity index is 1.45. The van der Waals surface area contributed by atoms with E-state index in [0.29, 0.717) is 11.5 Å². The molecule has 0 saturated carbocycles. The molecule has 1 heterocycles. The van der Waals surface area contributed by atoms with Gasteiger partial charge in [-0.1, -0.05) is 18.2 Å². The lowest BCUT2D eigenvalue weighted by Crippen LogP contribution is -2.17. The van der Waals surface area contributed by atoms with Crippen LogP contribution in [-0.4, -0.2) is 19.7 Å². The molecule has 0 aliphatic carbocycles. The molecule has 130 valence electrons. The second-order valence-corrected chi connectivity index (χ2v) is 5.69. The zero-order chi connectivity index (χ0) is 17.9. The summed E-state index contributed by atoms with van der Waals surface area (Å²) in [6.07, 6.45) is 0. The van der Waals surface area contributed by atoms with Gasteiger partial charge in [0.05, 0.1) is 7.11 Å². The minimum absolute atomic E-state index is 0.184. The normalized spacial score (nSPS) is 10.8. The van der Waals surface area contributed by atoms with Gasteiger partial charge in [-0.05, 0) is 48.5 Å². The van der Waals surface area contributed by atoms with E-state index in [1.54, 1.807) is 49.6 Å². The molecule has 0 atom stereocenters. The fourth-order valence-corrected chi connectivity index (χ4v) is 2.74. The molecule has 0 saturated heterocycles. The van der Waals surface area contributed by atoms with Gasteiger partial charge < -0.3 is 18.6 Å². The van der Waals surface area contributed by atoms with Gasteiger partial charge in [0.15, 0.2) is 6.61 Å². The first kappa shape index (κ1) is 16.0. The number of ether oxygens (including phenoxy) is 3. The average Bonchev–Trinajstić information content (AvgIpc) is 3.05. The van der Waals surface area contributed by atoms with E-state index in [1.165, 1.54) is 0 Å². The van der Waals surface area contributed by atoms with Gasteiger partial charge in [0.25, 0.3) is 0 Å². The smallest absolute Gasteiger partial charge is 0.349 e. The summed E-state index contributed by atoms with van der Waals surface area (Å²) < 4.78 is 21.6. The third kappa shape index (κ3) is 3.19. The summed E-state index contributed by atoms with van der Waals surface area (Å²) in [7, 11) is 1.59. The number of carbonyl (C=O) groups excluding carboxylic acids is 1. The largest absolute Gasteiger partial charge is 0.497 e. The molecule has 0 fully saturated rings. The van der Waals surface area contributed by atoms with E-state index < -0.39 is 5.97 Å². The molecule has 26 heavy (non-hydrogen) atoms. The predicted octanol–water partition coefficient (Wildman–Crippen LogP) is 4.58. The number of hydrogen-bond donors (Lipinski definition) is 0. The van der Waals surface area contributed by atoms with Crippen LogP contribution in [-0.2, 0) is 4.79 Å². The number of esters is 1. The maximum absolute atomic E-state index is 12.1. The van der Waals surface area contributed by atoms with Gasteiger partial charge in [0, 0.05) is 10.8 Å². The molecule has 1 aromatic heterocycles. The van der Waals surface area contributed by atoms with Crippen LogP contribution in [0.2, 0.25) is 0 Å². The Morgan fingerprint density at radius 1 is 0.846 bits per heavy atom. The molecule has 4 rings (SSSR count). The molecule has 0 unspecified atom stereocenters. The minimum Gasteiger partial charge on any atom is -0.497 e. The summed E-state index contributed by atoms with van der Waals surface area (Å²) in [5.41, 5.74) is 1.55. The van der Waals surface area contributed by atoms with Crippen LogP contribution >= 0.6 is 0 Å². The standard InChI is InChI=1S/C21H16O5/c1-23-14-6-8-15(9-7-14)24-13-21(22)25-16-10-11-20-18(12-16)17-4-2-3-5-19(17)26-20/h2-12H,13H2,1H3. The van der Waals surface area contributed by atoms with Crippen molar-refractivity contribution in [3.8, 4) is 17.2 Å². The highest BCUT2D eigenvalue weighted by molar-refractivity contribution is 6.05. The summed E-state index contributed by atoms with van der Waals surface area (Å²) in [5.74, 6) is 1.26. The quantitative estimate of drug-likeness (QED) is 0.390. The van der Waals surface area contributed by atoms with Crippen LogP contribution in [0.4, 0.5) is 0 Å². The van der Waals surface area contributed by atoms with Gasteiger partial charge in [0.2, 0.25) is 0 Å². The first-order valence-corrected chi connectivity index (χ1v) is 8.12. The molecule has 0 amide bonds. The zero-order valence-corrected chi connectivity index (χ0v) is 14.1. The molecule has 0 spiro atoms. The Bertz CT molecular complexity index is 1060. The Kier molecular flexibility index (Phi) is 4.19. The van der Waals surface area contributed by atoms with Crippen LogP contribution in [0, 0.1) is 0 Å². The summed E-state index contributed by atoms with van der Waals surface area (Å²) >= 11 is 0. The van der Waals surface area contributed by atoms with E-state index in [9.17, 15) is 4.79 Å². The summed E-state index contributed by atoms with van der Waals surface area (Å²) in [6, 6.07) is 20.0.